The minimum atomic E-state index is -1.80. The molecule has 0 aromatic heterocycles. The molecule has 264 valence electrons. The number of aldehydes is 1. The van der Waals surface area contributed by atoms with E-state index in [0.717, 1.165) is 61.8 Å². The molecule has 2 heterocycles. The summed E-state index contributed by atoms with van der Waals surface area (Å²) in [7, 11) is 6.48. The van der Waals surface area contributed by atoms with E-state index in [1.165, 1.54) is 56.3 Å². The van der Waals surface area contributed by atoms with Crippen LogP contribution in [0.2, 0.25) is 0 Å². The van der Waals surface area contributed by atoms with Crippen LogP contribution in [-0.4, -0.2) is 104 Å². The number of carbonyl (C=O) groups is 2. The highest BCUT2D eigenvalue weighted by Gasteiger charge is 2.36. The number of benzene rings is 2. The monoisotopic (exact) mass is 688 g/mol. The van der Waals surface area contributed by atoms with Crippen LogP contribution in [0.25, 0.3) is 0 Å². The number of hydrogen-bond donors (Lipinski definition) is 1. The predicted octanol–water partition coefficient (Wildman–Crippen LogP) is 6.12. The van der Waals surface area contributed by atoms with Crippen molar-refractivity contribution >= 4 is 23.3 Å². The summed E-state index contributed by atoms with van der Waals surface area (Å²) in [4.78, 5) is 27.5. The first-order valence-electron chi connectivity index (χ1n) is 16.9. The Morgan fingerprint density at radius 2 is 1.76 bits per heavy atom. The van der Waals surface area contributed by atoms with Gasteiger partial charge < -0.3 is 24.4 Å². The fraction of sp³-hybridized carbons (Fsp3) is 0.553. The first-order chi connectivity index (χ1) is 23.6. The van der Waals surface area contributed by atoms with Crippen LogP contribution < -0.4 is 4.74 Å². The van der Waals surface area contributed by atoms with Gasteiger partial charge in [-0.1, -0.05) is 49.7 Å². The van der Waals surface area contributed by atoms with Crippen molar-refractivity contribution in [2.24, 2.45) is 0 Å². The fourth-order valence-electron chi connectivity index (χ4n) is 6.18. The molecule has 2 aromatic rings. The number of rotatable bonds is 14. The van der Waals surface area contributed by atoms with E-state index in [4.69, 9.17) is 9.84 Å². The zero-order chi connectivity index (χ0) is 36.2. The number of ether oxygens (including phenoxy) is 1. The molecule has 11 heteroatoms. The number of nitrogens with zero attached hydrogens (tertiary/aromatic N) is 6. The molecule has 49 heavy (non-hydrogen) atoms. The Bertz CT molecular complexity index is 1430. The number of carboxylic acid groups (broad SMARTS) is 1. The molecule has 0 bridgehead atoms. The number of nitriles is 3. The van der Waals surface area contributed by atoms with E-state index in [1.54, 1.807) is 12.1 Å². The van der Waals surface area contributed by atoms with Crippen LogP contribution in [0, 0.1) is 34.0 Å². The molecular weight excluding hydrogens is 637 g/mol. The minimum Gasteiger partial charge on any atom is -0.493 e. The summed E-state index contributed by atoms with van der Waals surface area (Å²) in [5.74, 6) is 1.32. The molecular formula is C38H52N6O4S. The van der Waals surface area contributed by atoms with Gasteiger partial charge in [0.1, 0.15) is 30.2 Å². The number of unbranched alkanes of at least 4 members (excludes halogenated alkanes) is 1. The topological polar surface area (TPSA) is 145 Å². The zero-order valence-electron chi connectivity index (χ0n) is 29.7. The highest BCUT2D eigenvalue weighted by atomic mass is 32.2. The molecule has 0 aliphatic carbocycles. The van der Waals surface area contributed by atoms with Gasteiger partial charge in [0, 0.05) is 24.6 Å². The first kappa shape index (κ1) is 41.3. The third-order valence-corrected chi connectivity index (χ3v) is 9.26. The van der Waals surface area contributed by atoms with Crippen LogP contribution in [0.3, 0.4) is 0 Å². The normalized spacial score (nSPS) is 16.6. The summed E-state index contributed by atoms with van der Waals surface area (Å²) < 4.78 is 5.63. The molecule has 2 aliphatic rings. The van der Waals surface area contributed by atoms with E-state index in [9.17, 15) is 25.4 Å². The fourth-order valence-corrected chi connectivity index (χ4v) is 6.18. The van der Waals surface area contributed by atoms with Crippen molar-refractivity contribution in [3.05, 3.63) is 64.7 Å². The van der Waals surface area contributed by atoms with E-state index in [2.05, 4.69) is 61.0 Å². The van der Waals surface area contributed by atoms with Crippen LogP contribution >= 0.6 is 11.8 Å². The molecule has 2 atom stereocenters. The molecule has 2 unspecified atom stereocenters. The third kappa shape index (κ3) is 13.1. The third-order valence-electron chi connectivity index (χ3n) is 8.91. The zero-order valence-corrected chi connectivity index (χ0v) is 30.5. The molecule has 2 aromatic carbocycles. The van der Waals surface area contributed by atoms with E-state index >= 15 is 0 Å². The number of thioether (sulfide) groups is 1. The van der Waals surface area contributed by atoms with Gasteiger partial charge in [0.25, 0.3) is 5.41 Å². The molecule has 0 saturated carbocycles. The lowest BCUT2D eigenvalue weighted by Gasteiger charge is -2.23. The van der Waals surface area contributed by atoms with Crippen molar-refractivity contribution in [3.8, 4) is 24.0 Å². The Labute approximate surface area is 297 Å². The SMILES string of the molecule is CCCCN(C)CCCN(C)C.CSC(=O)O.N#CC(C#N)(C#N)c1ccccc1CCC1CC(c2ccc3c(c2)CCO3)CN1CC=O. The average molecular weight is 689 g/mol. The Morgan fingerprint density at radius 3 is 2.37 bits per heavy atom. The van der Waals surface area contributed by atoms with E-state index in [1.807, 2.05) is 30.3 Å². The van der Waals surface area contributed by atoms with Crippen molar-refractivity contribution in [2.45, 2.75) is 69.2 Å². The molecule has 0 amide bonds. The molecule has 2 aliphatic heterocycles. The number of carbonyl (C=O) groups excluding carboxylic acids is 1. The quantitative estimate of drug-likeness (QED) is 0.229. The Morgan fingerprint density at radius 1 is 1.08 bits per heavy atom. The van der Waals surface area contributed by atoms with Crippen LogP contribution in [0.5, 0.6) is 5.75 Å². The lowest BCUT2D eigenvalue weighted by atomic mass is 9.80. The Hall–Kier alpha value is -3.92. The van der Waals surface area contributed by atoms with Gasteiger partial charge in [-0.2, -0.15) is 15.8 Å². The maximum Gasteiger partial charge on any atom is 0.364 e. The highest BCUT2D eigenvalue weighted by Crippen LogP contribution is 2.37. The summed E-state index contributed by atoms with van der Waals surface area (Å²) in [6, 6.07) is 19.5. The molecule has 1 N–H and O–H groups in total. The second kappa shape index (κ2) is 21.9. The van der Waals surface area contributed by atoms with Gasteiger partial charge in [-0.25, -0.2) is 4.79 Å². The maximum atomic E-state index is 11.3. The van der Waals surface area contributed by atoms with Crippen molar-refractivity contribution in [1.29, 1.82) is 15.8 Å². The van der Waals surface area contributed by atoms with E-state index in [-0.39, 0.29) is 6.04 Å². The summed E-state index contributed by atoms with van der Waals surface area (Å²) in [6.07, 6.45) is 9.68. The largest absolute Gasteiger partial charge is 0.493 e. The summed E-state index contributed by atoms with van der Waals surface area (Å²) in [5.41, 5.74) is 2.03. The van der Waals surface area contributed by atoms with Gasteiger partial charge in [-0.15, -0.1) is 0 Å². The lowest BCUT2D eigenvalue weighted by molar-refractivity contribution is -0.109. The van der Waals surface area contributed by atoms with Crippen LogP contribution in [0.4, 0.5) is 4.79 Å². The van der Waals surface area contributed by atoms with Crippen LogP contribution in [0.1, 0.15) is 67.2 Å². The lowest BCUT2D eigenvalue weighted by Crippen LogP contribution is -2.32. The van der Waals surface area contributed by atoms with Crippen LogP contribution in [0.15, 0.2) is 42.5 Å². The van der Waals surface area contributed by atoms with Crippen molar-refractivity contribution in [2.75, 3.05) is 66.7 Å². The van der Waals surface area contributed by atoms with E-state index < -0.39 is 10.7 Å². The first-order valence-corrected chi connectivity index (χ1v) is 18.2. The summed E-state index contributed by atoms with van der Waals surface area (Å²) in [6.45, 7) is 7.88. The van der Waals surface area contributed by atoms with Gasteiger partial charge in [0.2, 0.25) is 0 Å². The smallest absolute Gasteiger partial charge is 0.364 e. The van der Waals surface area contributed by atoms with Gasteiger partial charge in [-0.05, 0) is 120 Å². The van der Waals surface area contributed by atoms with Gasteiger partial charge in [0.05, 0.1) is 13.2 Å². The van der Waals surface area contributed by atoms with Crippen LogP contribution in [-0.2, 0) is 23.1 Å². The molecule has 0 radical (unpaired) electrons. The van der Waals surface area contributed by atoms with Crippen molar-refractivity contribution in [1.82, 2.24) is 14.7 Å². The number of hydrogen-bond acceptors (Lipinski definition) is 10. The van der Waals surface area contributed by atoms with Gasteiger partial charge in [-0.3, -0.25) is 4.90 Å². The Kier molecular flexibility index (Phi) is 18.5. The van der Waals surface area contributed by atoms with Crippen molar-refractivity contribution < 1.29 is 19.4 Å². The average Bonchev–Trinajstić information content (AvgIpc) is 3.75. The standard InChI is InChI=1S/C26H24N4O2.C10H24N2.C2H4O2S/c27-16-26(17-28,18-29)24-4-2-1-3-19(24)5-7-23-14-22(15-30(23)10-11-31)20-6-8-25-21(13-20)9-12-32-25;1-5-6-9-12(4)10-7-8-11(2)3;1-5-2(3)4/h1-4,6,8,11,13,22-23H,5,7,9-10,12,14-15H2;5-10H2,1-4H3;1H3,(H,3,4). The highest BCUT2D eigenvalue weighted by molar-refractivity contribution is 8.12. The number of likely N-dealkylation sites (tertiary alicyclic amines) is 1. The summed E-state index contributed by atoms with van der Waals surface area (Å²) in [5, 5.41) is 35.4. The number of fused-ring (bicyclic) bond motifs is 1. The Balaban J connectivity index is 0.000000408. The minimum absolute atomic E-state index is 0.211. The maximum absolute atomic E-state index is 11.3. The molecule has 0 spiro atoms. The second-order valence-corrected chi connectivity index (χ2v) is 13.5. The van der Waals surface area contributed by atoms with Gasteiger partial charge in [0.15, 0.2) is 0 Å². The van der Waals surface area contributed by atoms with E-state index in [0.29, 0.717) is 24.4 Å². The van der Waals surface area contributed by atoms with Gasteiger partial charge >= 0.3 is 5.30 Å². The molecule has 10 nitrogen and oxygen atoms in total. The number of aryl methyl sites for hydroxylation is 1. The summed E-state index contributed by atoms with van der Waals surface area (Å²) >= 11 is 0.796. The predicted molar refractivity (Wildman–Crippen MR) is 195 cm³/mol. The molecule has 1 saturated heterocycles. The molecule has 1 fully saturated rings. The van der Waals surface area contributed by atoms with Crippen molar-refractivity contribution in [3.63, 3.8) is 0 Å². The second-order valence-electron chi connectivity index (χ2n) is 12.7. The molecule has 4 rings (SSSR count).